The number of aromatic nitrogens is 1. The van der Waals surface area contributed by atoms with Crippen LogP contribution in [0.2, 0.25) is 0 Å². The number of pyridine rings is 1. The monoisotopic (exact) mass is 323 g/mol. The molecule has 0 radical (unpaired) electrons. The van der Waals surface area contributed by atoms with Gasteiger partial charge in [0.2, 0.25) is 0 Å². The van der Waals surface area contributed by atoms with E-state index in [0.717, 1.165) is 12.1 Å². The number of anilines is 2. The molecule has 1 aromatic rings. The largest absolute Gasteiger partial charge is 0.416 e. The van der Waals surface area contributed by atoms with Gasteiger partial charge in [-0.25, -0.2) is 13.4 Å². The standard InChI is InChI=1S/C12H16F3N3O2S/c1-16-10-6-8(12(13,14)15)7-11(18-10)17-9-2-4-21(19,20)5-3-9/h6-7,9H,2-5H2,1H3,(H2,16,17,18). The average molecular weight is 323 g/mol. The number of hydrogen-bond donors (Lipinski definition) is 2. The van der Waals surface area contributed by atoms with Gasteiger partial charge < -0.3 is 10.6 Å². The van der Waals surface area contributed by atoms with Crippen LogP contribution in [0.4, 0.5) is 24.8 Å². The van der Waals surface area contributed by atoms with E-state index in [-0.39, 0.29) is 29.2 Å². The molecule has 5 nitrogen and oxygen atoms in total. The number of nitrogens with zero attached hydrogens (tertiary/aromatic N) is 1. The molecule has 0 saturated carbocycles. The van der Waals surface area contributed by atoms with E-state index in [9.17, 15) is 21.6 Å². The first-order chi connectivity index (χ1) is 9.69. The number of rotatable bonds is 3. The zero-order valence-corrected chi connectivity index (χ0v) is 12.2. The van der Waals surface area contributed by atoms with Crippen molar-refractivity contribution in [3.63, 3.8) is 0 Å². The predicted octanol–water partition coefficient (Wildman–Crippen LogP) is 2.13. The van der Waals surface area contributed by atoms with Crippen molar-refractivity contribution in [2.45, 2.75) is 25.1 Å². The summed E-state index contributed by atoms with van der Waals surface area (Å²) in [6.45, 7) is 0. The highest BCUT2D eigenvalue weighted by Crippen LogP contribution is 2.32. The van der Waals surface area contributed by atoms with E-state index in [1.54, 1.807) is 0 Å². The van der Waals surface area contributed by atoms with Crippen LogP contribution in [0.1, 0.15) is 18.4 Å². The van der Waals surface area contributed by atoms with Gasteiger partial charge in [-0.15, -0.1) is 0 Å². The maximum atomic E-state index is 12.8. The van der Waals surface area contributed by atoms with Gasteiger partial charge in [0, 0.05) is 13.1 Å². The molecule has 0 amide bonds. The van der Waals surface area contributed by atoms with Gasteiger partial charge in [0.25, 0.3) is 0 Å². The van der Waals surface area contributed by atoms with Crippen molar-refractivity contribution in [1.29, 1.82) is 0 Å². The summed E-state index contributed by atoms with van der Waals surface area (Å²) in [4.78, 5) is 4.02. The van der Waals surface area contributed by atoms with Crippen LogP contribution in [0.5, 0.6) is 0 Å². The highest BCUT2D eigenvalue weighted by atomic mass is 32.2. The summed E-state index contributed by atoms with van der Waals surface area (Å²) in [5.74, 6) is 0.291. The second-order valence-electron chi connectivity index (χ2n) is 4.94. The highest BCUT2D eigenvalue weighted by molar-refractivity contribution is 7.91. The van der Waals surface area contributed by atoms with Crippen LogP contribution < -0.4 is 10.6 Å². The second kappa shape index (κ2) is 5.70. The zero-order chi connectivity index (χ0) is 15.7. The Balaban J connectivity index is 2.16. The fourth-order valence-corrected chi connectivity index (χ4v) is 3.63. The Bertz CT molecular complexity index is 603. The quantitative estimate of drug-likeness (QED) is 0.892. The van der Waals surface area contributed by atoms with Crippen LogP contribution in [0, 0.1) is 0 Å². The van der Waals surface area contributed by atoms with Gasteiger partial charge in [-0.3, -0.25) is 0 Å². The number of sulfone groups is 1. The fourth-order valence-electron chi connectivity index (χ4n) is 2.14. The van der Waals surface area contributed by atoms with Crippen molar-refractivity contribution in [2.75, 3.05) is 29.2 Å². The van der Waals surface area contributed by atoms with Gasteiger partial charge in [0.15, 0.2) is 0 Å². The molecular weight excluding hydrogens is 307 g/mol. The maximum absolute atomic E-state index is 12.8. The molecule has 1 aliphatic rings. The van der Waals surface area contributed by atoms with E-state index in [0.29, 0.717) is 12.8 Å². The normalized spacial score (nSPS) is 19.2. The Hall–Kier alpha value is -1.51. The Morgan fingerprint density at radius 1 is 1.19 bits per heavy atom. The first kappa shape index (κ1) is 15.9. The Morgan fingerprint density at radius 3 is 2.29 bits per heavy atom. The SMILES string of the molecule is CNc1cc(C(F)(F)F)cc(NC2CCS(=O)(=O)CC2)n1. The third-order valence-electron chi connectivity index (χ3n) is 3.32. The zero-order valence-electron chi connectivity index (χ0n) is 11.4. The van der Waals surface area contributed by atoms with Crippen molar-refractivity contribution in [3.05, 3.63) is 17.7 Å². The Kier molecular flexibility index (Phi) is 4.31. The second-order valence-corrected chi connectivity index (χ2v) is 7.25. The number of alkyl halides is 3. The lowest BCUT2D eigenvalue weighted by Crippen LogP contribution is -2.32. The fraction of sp³-hybridized carbons (Fsp3) is 0.583. The van der Waals surface area contributed by atoms with Gasteiger partial charge in [0.1, 0.15) is 21.5 Å². The van der Waals surface area contributed by atoms with Crippen molar-refractivity contribution in [2.24, 2.45) is 0 Å². The first-order valence-electron chi connectivity index (χ1n) is 6.43. The van der Waals surface area contributed by atoms with Gasteiger partial charge in [-0.2, -0.15) is 13.2 Å². The van der Waals surface area contributed by atoms with Crippen LogP contribution in [0.15, 0.2) is 12.1 Å². The summed E-state index contributed by atoms with van der Waals surface area (Å²) in [5.41, 5.74) is -0.798. The van der Waals surface area contributed by atoms with E-state index < -0.39 is 21.6 Å². The molecule has 2 rings (SSSR count). The molecule has 0 aromatic carbocycles. The summed E-state index contributed by atoms with van der Waals surface area (Å²) in [6.07, 6.45) is -3.72. The number of hydrogen-bond acceptors (Lipinski definition) is 5. The van der Waals surface area contributed by atoms with Crippen LogP contribution in [0.25, 0.3) is 0 Å². The number of halogens is 3. The molecule has 0 aliphatic carbocycles. The van der Waals surface area contributed by atoms with Gasteiger partial charge in [-0.1, -0.05) is 0 Å². The lowest BCUT2D eigenvalue weighted by Gasteiger charge is -2.24. The smallest absolute Gasteiger partial charge is 0.373 e. The van der Waals surface area contributed by atoms with Crippen molar-refractivity contribution < 1.29 is 21.6 Å². The highest BCUT2D eigenvalue weighted by Gasteiger charge is 2.32. The van der Waals surface area contributed by atoms with E-state index >= 15 is 0 Å². The van der Waals surface area contributed by atoms with E-state index in [1.807, 2.05) is 0 Å². The van der Waals surface area contributed by atoms with Crippen molar-refractivity contribution >= 4 is 21.5 Å². The molecule has 9 heteroatoms. The molecule has 1 aromatic heterocycles. The molecule has 1 fully saturated rings. The van der Waals surface area contributed by atoms with Gasteiger partial charge in [-0.05, 0) is 25.0 Å². The molecular formula is C12H16F3N3O2S. The molecule has 1 aliphatic heterocycles. The van der Waals surface area contributed by atoms with Gasteiger partial charge >= 0.3 is 6.18 Å². The Morgan fingerprint density at radius 2 is 1.76 bits per heavy atom. The van der Waals surface area contributed by atoms with Crippen LogP contribution >= 0.6 is 0 Å². The molecule has 21 heavy (non-hydrogen) atoms. The first-order valence-corrected chi connectivity index (χ1v) is 8.26. The van der Waals surface area contributed by atoms with Crippen molar-refractivity contribution in [1.82, 2.24) is 4.98 Å². The minimum absolute atomic E-state index is 0.0442. The molecule has 118 valence electrons. The molecule has 1 saturated heterocycles. The lowest BCUT2D eigenvalue weighted by molar-refractivity contribution is -0.137. The summed E-state index contributed by atoms with van der Waals surface area (Å²) in [5, 5.41) is 5.47. The van der Waals surface area contributed by atoms with Crippen LogP contribution in [-0.4, -0.2) is 38.0 Å². The van der Waals surface area contributed by atoms with E-state index in [1.165, 1.54) is 7.05 Å². The maximum Gasteiger partial charge on any atom is 0.416 e. The molecule has 0 bridgehead atoms. The summed E-state index contributed by atoms with van der Waals surface area (Å²) < 4.78 is 61.1. The summed E-state index contributed by atoms with van der Waals surface area (Å²) in [7, 11) is -1.52. The predicted molar refractivity (Wildman–Crippen MR) is 74.1 cm³/mol. The summed E-state index contributed by atoms with van der Waals surface area (Å²) >= 11 is 0. The molecule has 2 heterocycles. The lowest BCUT2D eigenvalue weighted by atomic mass is 10.1. The minimum Gasteiger partial charge on any atom is -0.373 e. The van der Waals surface area contributed by atoms with E-state index in [4.69, 9.17) is 0 Å². The van der Waals surface area contributed by atoms with Crippen molar-refractivity contribution in [3.8, 4) is 0 Å². The van der Waals surface area contributed by atoms with Crippen LogP contribution in [-0.2, 0) is 16.0 Å². The molecule has 0 unspecified atom stereocenters. The topological polar surface area (TPSA) is 71.1 Å². The van der Waals surface area contributed by atoms with Gasteiger partial charge in [0.05, 0.1) is 17.1 Å². The molecule has 0 spiro atoms. The average Bonchev–Trinajstić information content (AvgIpc) is 2.40. The third kappa shape index (κ3) is 4.23. The minimum atomic E-state index is -4.46. The molecule has 0 atom stereocenters. The Labute approximate surface area is 120 Å². The molecule has 2 N–H and O–H groups in total. The summed E-state index contributed by atoms with van der Waals surface area (Å²) in [6, 6.07) is 1.68. The number of nitrogens with one attached hydrogen (secondary N) is 2. The third-order valence-corrected chi connectivity index (χ3v) is 5.03. The van der Waals surface area contributed by atoms with E-state index in [2.05, 4.69) is 15.6 Å². The van der Waals surface area contributed by atoms with Crippen LogP contribution in [0.3, 0.4) is 0 Å².